The highest BCUT2D eigenvalue weighted by molar-refractivity contribution is 6.23. The summed E-state index contributed by atoms with van der Waals surface area (Å²) in [6.07, 6.45) is 8.74. The SMILES string of the molecule is O=C1NC(=O)N(Cc2ccco2)C(=O)[C@H]1C=NCCCn1ccnc1. The zero-order chi connectivity index (χ0) is 17.6. The van der Waals surface area contributed by atoms with Crippen molar-refractivity contribution in [1.29, 1.82) is 0 Å². The fourth-order valence-corrected chi connectivity index (χ4v) is 2.41. The Bertz CT molecular complexity index is 767. The van der Waals surface area contributed by atoms with Crippen molar-refractivity contribution >= 4 is 24.1 Å². The van der Waals surface area contributed by atoms with Gasteiger partial charge in [0.2, 0.25) is 11.8 Å². The van der Waals surface area contributed by atoms with Gasteiger partial charge in [-0.3, -0.25) is 24.8 Å². The molecule has 9 heteroatoms. The summed E-state index contributed by atoms with van der Waals surface area (Å²) >= 11 is 0. The molecule has 1 fully saturated rings. The Balaban J connectivity index is 1.57. The summed E-state index contributed by atoms with van der Waals surface area (Å²) in [7, 11) is 0. The number of aromatic nitrogens is 2. The largest absolute Gasteiger partial charge is 0.467 e. The Kier molecular flexibility index (Phi) is 5.03. The number of amides is 4. The zero-order valence-corrected chi connectivity index (χ0v) is 13.4. The van der Waals surface area contributed by atoms with Crippen LogP contribution in [0.4, 0.5) is 4.79 Å². The van der Waals surface area contributed by atoms with E-state index in [9.17, 15) is 14.4 Å². The van der Waals surface area contributed by atoms with Crippen LogP contribution < -0.4 is 5.32 Å². The number of nitrogens with one attached hydrogen (secondary N) is 1. The summed E-state index contributed by atoms with van der Waals surface area (Å²) in [6.45, 7) is 1.17. The van der Waals surface area contributed by atoms with Crippen molar-refractivity contribution in [3.63, 3.8) is 0 Å². The Labute approximate surface area is 143 Å². The average molecular weight is 343 g/mol. The number of furan rings is 1. The number of hydrogen-bond acceptors (Lipinski definition) is 6. The summed E-state index contributed by atoms with van der Waals surface area (Å²) in [4.78, 5) is 45.2. The van der Waals surface area contributed by atoms with Gasteiger partial charge in [0.1, 0.15) is 5.76 Å². The van der Waals surface area contributed by atoms with E-state index >= 15 is 0 Å². The number of rotatable bonds is 7. The maximum atomic E-state index is 12.4. The molecule has 0 aromatic carbocycles. The second kappa shape index (κ2) is 7.56. The van der Waals surface area contributed by atoms with E-state index in [1.807, 2.05) is 10.8 Å². The Morgan fingerprint density at radius 2 is 2.24 bits per heavy atom. The van der Waals surface area contributed by atoms with E-state index in [1.165, 1.54) is 12.5 Å². The first kappa shape index (κ1) is 16.6. The molecule has 1 saturated heterocycles. The quantitative estimate of drug-likeness (QED) is 0.455. The molecule has 2 aromatic rings. The first-order valence-corrected chi connectivity index (χ1v) is 7.79. The number of carbonyl (C=O) groups excluding carboxylic acids is 3. The Morgan fingerprint density at radius 3 is 2.96 bits per heavy atom. The number of aliphatic imine (C=N–C) groups is 1. The van der Waals surface area contributed by atoms with Gasteiger partial charge in [0, 0.05) is 31.7 Å². The van der Waals surface area contributed by atoms with E-state index < -0.39 is 23.8 Å². The number of carbonyl (C=O) groups is 3. The monoisotopic (exact) mass is 343 g/mol. The fourth-order valence-electron chi connectivity index (χ4n) is 2.41. The molecule has 3 heterocycles. The molecule has 2 aromatic heterocycles. The van der Waals surface area contributed by atoms with Crippen LogP contribution in [0.5, 0.6) is 0 Å². The van der Waals surface area contributed by atoms with Crippen molar-refractivity contribution in [2.24, 2.45) is 10.9 Å². The summed E-state index contributed by atoms with van der Waals surface area (Å²) in [5.41, 5.74) is 0. The number of hydrogen-bond donors (Lipinski definition) is 1. The molecule has 0 radical (unpaired) electrons. The van der Waals surface area contributed by atoms with Crippen molar-refractivity contribution in [3.8, 4) is 0 Å². The molecule has 1 aliphatic heterocycles. The minimum atomic E-state index is -1.11. The van der Waals surface area contributed by atoms with E-state index in [-0.39, 0.29) is 6.54 Å². The van der Waals surface area contributed by atoms with Crippen LogP contribution in [0.15, 0.2) is 46.5 Å². The summed E-state index contributed by atoms with van der Waals surface area (Å²) in [5, 5.41) is 2.17. The van der Waals surface area contributed by atoms with Gasteiger partial charge in [0.25, 0.3) is 0 Å². The van der Waals surface area contributed by atoms with Crippen molar-refractivity contribution in [1.82, 2.24) is 19.8 Å². The highest BCUT2D eigenvalue weighted by Crippen LogP contribution is 2.13. The van der Waals surface area contributed by atoms with Crippen LogP contribution in [0.25, 0.3) is 0 Å². The summed E-state index contributed by atoms with van der Waals surface area (Å²) in [5.74, 6) is -1.93. The molecule has 3 rings (SSSR count). The first-order chi connectivity index (χ1) is 12.1. The van der Waals surface area contributed by atoms with Gasteiger partial charge >= 0.3 is 6.03 Å². The van der Waals surface area contributed by atoms with Crippen molar-refractivity contribution in [3.05, 3.63) is 42.9 Å². The number of aryl methyl sites for hydroxylation is 1. The molecular formula is C16H17N5O4. The maximum Gasteiger partial charge on any atom is 0.331 e. The Morgan fingerprint density at radius 1 is 1.36 bits per heavy atom. The number of urea groups is 1. The van der Waals surface area contributed by atoms with E-state index in [1.54, 1.807) is 24.7 Å². The van der Waals surface area contributed by atoms with Gasteiger partial charge in [-0.2, -0.15) is 0 Å². The molecule has 4 amide bonds. The highest BCUT2D eigenvalue weighted by Gasteiger charge is 2.39. The van der Waals surface area contributed by atoms with Crippen molar-refractivity contribution in [2.45, 2.75) is 19.5 Å². The number of imidazole rings is 1. The van der Waals surface area contributed by atoms with Gasteiger partial charge in [0.05, 0.1) is 19.1 Å². The van der Waals surface area contributed by atoms with Gasteiger partial charge in [-0.05, 0) is 18.6 Å². The lowest BCUT2D eigenvalue weighted by molar-refractivity contribution is -0.139. The molecule has 0 aliphatic carbocycles. The predicted molar refractivity (Wildman–Crippen MR) is 86.5 cm³/mol. The summed E-state index contributed by atoms with van der Waals surface area (Å²) in [6, 6.07) is 2.55. The molecule has 130 valence electrons. The van der Waals surface area contributed by atoms with Crippen LogP contribution in [-0.4, -0.2) is 45.1 Å². The average Bonchev–Trinajstić information content (AvgIpc) is 3.27. The third-order valence-electron chi connectivity index (χ3n) is 3.70. The van der Waals surface area contributed by atoms with Gasteiger partial charge in [-0.1, -0.05) is 0 Å². The molecule has 25 heavy (non-hydrogen) atoms. The molecule has 1 aliphatic rings. The molecule has 0 unspecified atom stereocenters. The molecule has 1 atom stereocenters. The Hall–Kier alpha value is -3.23. The van der Waals surface area contributed by atoms with Gasteiger partial charge < -0.3 is 8.98 Å². The van der Waals surface area contributed by atoms with Crippen LogP contribution in [0.2, 0.25) is 0 Å². The number of nitrogens with zero attached hydrogens (tertiary/aromatic N) is 4. The third-order valence-corrected chi connectivity index (χ3v) is 3.70. The number of imide groups is 2. The van der Waals surface area contributed by atoms with Gasteiger partial charge in [-0.15, -0.1) is 0 Å². The molecule has 9 nitrogen and oxygen atoms in total. The molecular weight excluding hydrogens is 326 g/mol. The maximum absolute atomic E-state index is 12.4. The van der Waals surface area contributed by atoms with E-state index in [4.69, 9.17) is 4.42 Å². The lowest BCUT2D eigenvalue weighted by Gasteiger charge is -2.27. The van der Waals surface area contributed by atoms with Crippen LogP contribution in [0, 0.1) is 5.92 Å². The van der Waals surface area contributed by atoms with Gasteiger partial charge in [0.15, 0.2) is 5.92 Å². The lowest BCUT2D eigenvalue weighted by Crippen LogP contribution is -2.57. The van der Waals surface area contributed by atoms with E-state index in [2.05, 4.69) is 15.3 Å². The third kappa shape index (κ3) is 4.00. The van der Waals surface area contributed by atoms with Gasteiger partial charge in [-0.25, -0.2) is 9.78 Å². The first-order valence-electron chi connectivity index (χ1n) is 7.79. The van der Waals surface area contributed by atoms with Crippen LogP contribution in [0.3, 0.4) is 0 Å². The minimum absolute atomic E-state index is 0.0318. The standard InChI is InChI=1S/C16H17N5O4/c22-14-13(9-17-4-2-6-20-7-5-18-11-20)15(23)21(16(24)19-14)10-12-3-1-8-25-12/h1,3,5,7-9,11,13H,2,4,6,10H2,(H,19,22,24)/t13-/m0/s1. The molecule has 0 bridgehead atoms. The topological polar surface area (TPSA) is 110 Å². The zero-order valence-electron chi connectivity index (χ0n) is 13.4. The van der Waals surface area contributed by atoms with Crippen LogP contribution in [-0.2, 0) is 22.7 Å². The normalized spacial score (nSPS) is 18.2. The second-order valence-electron chi connectivity index (χ2n) is 5.49. The smallest absolute Gasteiger partial charge is 0.331 e. The van der Waals surface area contributed by atoms with E-state index in [0.29, 0.717) is 12.3 Å². The number of barbiturate groups is 1. The molecule has 1 N–H and O–H groups in total. The fraction of sp³-hybridized carbons (Fsp3) is 0.312. The predicted octanol–water partition coefficient (Wildman–Crippen LogP) is 0.832. The second-order valence-corrected chi connectivity index (χ2v) is 5.49. The molecule has 0 saturated carbocycles. The van der Waals surface area contributed by atoms with Crippen molar-refractivity contribution in [2.75, 3.05) is 6.54 Å². The van der Waals surface area contributed by atoms with Crippen LogP contribution >= 0.6 is 0 Å². The highest BCUT2D eigenvalue weighted by atomic mass is 16.3. The minimum Gasteiger partial charge on any atom is -0.467 e. The van der Waals surface area contributed by atoms with Crippen molar-refractivity contribution < 1.29 is 18.8 Å². The molecule has 0 spiro atoms. The van der Waals surface area contributed by atoms with E-state index in [0.717, 1.165) is 17.9 Å². The summed E-state index contributed by atoms with van der Waals surface area (Å²) < 4.78 is 7.06. The van der Waals surface area contributed by atoms with Crippen LogP contribution in [0.1, 0.15) is 12.2 Å². The lowest BCUT2D eigenvalue weighted by atomic mass is 10.1.